The average molecular weight is 360 g/mol. The van der Waals surface area contributed by atoms with Crippen LogP contribution in [0.2, 0.25) is 0 Å². The monoisotopic (exact) mass is 360 g/mol. The topological polar surface area (TPSA) is 24.4 Å². The van der Waals surface area contributed by atoms with Crippen LogP contribution < -0.4 is 5.32 Å². The number of aryl methyl sites for hydroxylation is 1. The molecule has 0 bridgehead atoms. The first-order chi connectivity index (χ1) is 8.19. The second-order valence-electron chi connectivity index (χ2n) is 4.26. The number of rotatable bonds is 3. The minimum atomic E-state index is 0.673. The number of anilines is 1. The molecular weight excluding hydrogens is 343 g/mol. The van der Waals surface area contributed by atoms with Gasteiger partial charge in [-0.15, -0.1) is 0 Å². The van der Waals surface area contributed by atoms with Gasteiger partial charge in [0.1, 0.15) is 0 Å². The summed E-state index contributed by atoms with van der Waals surface area (Å²) in [6, 6.07) is 6.44. The Kier molecular flexibility index (Phi) is 4.73. The highest BCUT2D eigenvalue weighted by molar-refractivity contribution is 14.1. The fraction of sp³-hybridized carbons (Fsp3) is 0.462. The van der Waals surface area contributed by atoms with Crippen LogP contribution in [0.15, 0.2) is 23.2 Å². The van der Waals surface area contributed by atoms with Crippen molar-refractivity contribution >= 4 is 45.2 Å². The third-order valence-corrected chi connectivity index (χ3v) is 5.09. The zero-order chi connectivity index (χ0) is 12.3. The molecule has 92 valence electrons. The molecule has 0 aromatic heterocycles. The number of hydrogen-bond donors (Lipinski definition) is 1. The number of nitrogens with zero attached hydrogens (tertiary/aromatic N) is 1. The molecule has 0 radical (unpaired) electrons. The predicted molar refractivity (Wildman–Crippen MR) is 86.1 cm³/mol. The second-order valence-corrected chi connectivity index (χ2v) is 6.71. The van der Waals surface area contributed by atoms with Gasteiger partial charge in [0.05, 0.1) is 6.54 Å². The van der Waals surface area contributed by atoms with Crippen molar-refractivity contribution in [3.63, 3.8) is 0 Å². The van der Waals surface area contributed by atoms with Crippen molar-refractivity contribution in [3.05, 3.63) is 27.3 Å². The molecule has 1 unspecified atom stereocenters. The fourth-order valence-corrected chi connectivity index (χ4v) is 3.41. The highest BCUT2D eigenvalue weighted by Crippen LogP contribution is 2.26. The van der Waals surface area contributed by atoms with Crippen molar-refractivity contribution in [1.29, 1.82) is 0 Å². The van der Waals surface area contributed by atoms with Crippen LogP contribution in [0.5, 0.6) is 0 Å². The van der Waals surface area contributed by atoms with Crippen LogP contribution in [-0.4, -0.2) is 17.0 Å². The van der Waals surface area contributed by atoms with Crippen LogP contribution in [0.3, 0.4) is 0 Å². The van der Waals surface area contributed by atoms with Gasteiger partial charge in [-0.3, -0.25) is 4.99 Å². The van der Waals surface area contributed by atoms with Crippen LogP contribution in [0.4, 0.5) is 5.69 Å². The Morgan fingerprint density at radius 3 is 3.06 bits per heavy atom. The third-order valence-electron chi connectivity index (χ3n) is 2.75. The highest BCUT2D eigenvalue weighted by atomic mass is 127. The van der Waals surface area contributed by atoms with Crippen molar-refractivity contribution in [2.75, 3.05) is 11.9 Å². The van der Waals surface area contributed by atoms with Crippen molar-refractivity contribution < 1.29 is 0 Å². The van der Waals surface area contributed by atoms with E-state index in [1.54, 1.807) is 0 Å². The minimum absolute atomic E-state index is 0.673. The maximum Gasteiger partial charge on any atom is 0.161 e. The summed E-state index contributed by atoms with van der Waals surface area (Å²) >= 11 is 4.24. The molecule has 1 N–H and O–H groups in total. The number of aliphatic imine (C=N–C) groups is 1. The minimum Gasteiger partial charge on any atom is -0.335 e. The summed E-state index contributed by atoms with van der Waals surface area (Å²) in [6.07, 6.45) is 2.49. The number of halogens is 1. The normalized spacial score (nSPS) is 19.2. The van der Waals surface area contributed by atoms with Gasteiger partial charge >= 0.3 is 0 Å². The van der Waals surface area contributed by atoms with Crippen LogP contribution in [-0.2, 0) is 0 Å². The molecule has 0 amide bonds. The van der Waals surface area contributed by atoms with Gasteiger partial charge in [0, 0.05) is 14.5 Å². The van der Waals surface area contributed by atoms with E-state index in [0.717, 1.165) is 17.4 Å². The first kappa shape index (κ1) is 13.2. The molecule has 1 heterocycles. The molecular formula is C13H17IN2S. The van der Waals surface area contributed by atoms with Gasteiger partial charge in [0.15, 0.2) is 5.17 Å². The maximum atomic E-state index is 4.55. The largest absolute Gasteiger partial charge is 0.335 e. The van der Waals surface area contributed by atoms with Crippen LogP contribution >= 0.6 is 34.4 Å². The number of amidine groups is 1. The number of benzene rings is 1. The Hall–Kier alpha value is -0.230. The molecule has 0 saturated heterocycles. The molecule has 1 aliphatic rings. The zero-order valence-electron chi connectivity index (χ0n) is 10.2. The summed E-state index contributed by atoms with van der Waals surface area (Å²) in [6.45, 7) is 5.32. The molecule has 2 nitrogen and oxygen atoms in total. The fourth-order valence-electron chi connectivity index (χ4n) is 1.75. The van der Waals surface area contributed by atoms with E-state index in [1.165, 1.54) is 22.0 Å². The molecule has 0 fully saturated rings. The molecule has 17 heavy (non-hydrogen) atoms. The summed E-state index contributed by atoms with van der Waals surface area (Å²) in [5.74, 6) is 0. The van der Waals surface area contributed by atoms with Crippen molar-refractivity contribution in [2.45, 2.75) is 31.9 Å². The van der Waals surface area contributed by atoms with Crippen molar-refractivity contribution in [1.82, 2.24) is 0 Å². The van der Waals surface area contributed by atoms with E-state index in [1.807, 2.05) is 11.8 Å². The number of thioether (sulfide) groups is 1. The van der Waals surface area contributed by atoms with Gasteiger partial charge in [0.2, 0.25) is 0 Å². The van der Waals surface area contributed by atoms with Crippen LogP contribution in [0.1, 0.15) is 25.3 Å². The molecule has 1 aromatic carbocycles. The Bertz CT molecular complexity index is 431. The molecule has 1 aliphatic heterocycles. The van der Waals surface area contributed by atoms with Gasteiger partial charge in [-0.2, -0.15) is 0 Å². The highest BCUT2D eigenvalue weighted by Gasteiger charge is 2.18. The lowest BCUT2D eigenvalue weighted by molar-refractivity contribution is 0.754. The first-order valence-electron chi connectivity index (χ1n) is 5.93. The lowest BCUT2D eigenvalue weighted by Gasteiger charge is -2.09. The summed E-state index contributed by atoms with van der Waals surface area (Å²) in [5.41, 5.74) is 2.46. The zero-order valence-corrected chi connectivity index (χ0v) is 13.1. The smallest absolute Gasteiger partial charge is 0.161 e. The molecule has 2 rings (SSSR count). The van der Waals surface area contributed by atoms with Gasteiger partial charge in [-0.05, 0) is 53.6 Å². The Balaban J connectivity index is 1.96. The van der Waals surface area contributed by atoms with Crippen LogP contribution in [0, 0.1) is 10.5 Å². The predicted octanol–water partition coefficient (Wildman–Crippen LogP) is 4.28. The van der Waals surface area contributed by atoms with E-state index in [0.29, 0.717) is 5.25 Å². The molecule has 0 saturated carbocycles. The average Bonchev–Trinajstić information content (AvgIpc) is 2.72. The summed E-state index contributed by atoms with van der Waals surface area (Å²) in [4.78, 5) is 4.55. The lowest BCUT2D eigenvalue weighted by atomic mass is 10.2. The molecule has 1 aromatic rings. The Labute approximate surface area is 121 Å². The summed E-state index contributed by atoms with van der Waals surface area (Å²) in [7, 11) is 0. The van der Waals surface area contributed by atoms with E-state index in [-0.39, 0.29) is 0 Å². The Morgan fingerprint density at radius 2 is 2.35 bits per heavy atom. The van der Waals surface area contributed by atoms with E-state index in [4.69, 9.17) is 0 Å². The van der Waals surface area contributed by atoms with Gasteiger partial charge in [0.25, 0.3) is 0 Å². The van der Waals surface area contributed by atoms with Crippen LogP contribution in [0.25, 0.3) is 0 Å². The van der Waals surface area contributed by atoms with Crippen molar-refractivity contribution in [3.8, 4) is 0 Å². The maximum absolute atomic E-state index is 4.55. The van der Waals surface area contributed by atoms with E-state index >= 15 is 0 Å². The van der Waals surface area contributed by atoms with E-state index in [9.17, 15) is 0 Å². The van der Waals surface area contributed by atoms with Crippen molar-refractivity contribution in [2.24, 2.45) is 4.99 Å². The summed E-state index contributed by atoms with van der Waals surface area (Å²) < 4.78 is 1.29. The summed E-state index contributed by atoms with van der Waals surface area (Å²) in [5, 5.41) is 5.15. The van der Waals surface area contributed by atoms with Gasteiger partial charge in [-0.25, -0.2) is 0 Å². The van der Waals surface area contributed by atoms with E-state index in [2.05, 4.69) is 64.9 Å². The first-order valence-corrected chi connectivity index (χ1v) is 7.89. The quantitative estimate of drug-likeness (QED) is 0.814. The molecule has 0 aliphatic carbocycles. The third kappa shape index (κ3) is 3.61. The van der Waals surface area contributed by atoms with Gasteiger partial charge < -0.3 is 5.32 Å². The standard InChI is InChI=1S/C13H17IN2S/c1-3-4-11-8-15-13(17-11)16-10-6-5-9(2)12(14)7-10/h5-7,11H,3-4,8H2,1-2H3,(H,15,16). The lowest BCUT2D eigenvalue weighted by Crippen LogP contribution is -2.07. The molecule has 0 spiro atoms. The number of hydrogen-bond acceptors (Lipinski definition) is 3. The van der Waals surface area contributed by atoms with E-state index < -0.39 is 0 Å². The molecule has 4 heteroatoms. The number of nitrogens with one attached hydrogen (secondary N) is 1. The van der Waals surface area contributed by atoms with Gasteiger partial charge in [-0.1, -0.05) is 31.2 Å². The Morgan fingerprint density at radius 1 is 1.53 bits per heavy atom. The molecule has 1 atom stereocenters. The second kappa shape index (κ2) is 6.09. The SMILES string of the molecule is CCCC1CN=C(Nc2ccc(C)c(I)c2)S1.